The molecule has 0 spiro atoms. The molecule has 0 saturated heterocycles. The van der Waals surface area contributed by atoms with Crippen molar-refractivity contribution in [2.45, 2.75) is 30.7 Å². The zero-order chi connectivity index (χ0) is 19.8. The maximum Gasteiger partial charge on any atom is 0.534 e. The molecule has 2 aromatic carbocycles. The Balaban J connectivity index is 1.99. The van der Waals surface area contributed by atoms with E-state index in [2.05, 4.69) is 4.18 Å². The molecule has 0 saturated carbocycles. The standard InChI is InChI=1S/C18H15F3O5S/c19-18(20,21)27(24,25)26-15-6-5-11-7-14(10-17(22)23)16-4-2-1-3-12(16)8-13(11)9-15/h1-6,9,14H,7-8,10H2,(H,22,23). The van der Waals surface area contributed by atoms with Crippen molar-refractivity contribution in [1.29, 1.82) is 0 Å². The molecule has 144 valence electrons. The molecule has 0 amide bonds. The molecule has 9 heteroatoms. The van der Waals surface area contributed by atoms with E-state index in [1.807, 2.05) is 12.1 Å². The number of aliphatic carboxylic acids is 1. The van der Waals surface area contributed by atoms with Crippen molar-refractivity contribution in [1.82, 2.24) is 0 Å². The van der Waals surface area contributed by atoms with Crippen molar-refractivity contribution in [2.75, 3.05) is 0 Å². The summed E-state index contributed by atoms with van der Waals surface area (Å²) in [5.74, 6) is -1.67. The minimum Gasteiger partial charge on any atom is -0.481 e. The van der Waals surface area contributed by atoms with E-state index >= 15 is 0 Å². The molecule has 0 radical (unpaired) electrons. The van der Waals surface area contributed by atoms with Crippen LogP contribution in [-0.4, -0.2) is 25.0 Å². The average Bonchev–Trinajstić information content (AvgIpc) is 2.69. The van der Waals surface area contributed by atoms with E-state index < -0.39 is 27.3 Å². The van der Waals surface area contributed by atoms with E-state index in [1.165, 1.54) is 12.1 Å². The van der Waals surface area contributed by atoms with Crippen LogP contribution in [0.2, 0.25) is 0 Å². The smallest absolute Gasteiger partial charge is 0.481 e. The Hall–Kier alpha value is -2.55. The molecule has 1 aliphatic carbocycles. The van der Waals surface area contributed by atoms with Gasteiger partial charge in [0.1, 0.15) is 5.75 Å². The number of alkyl halides is 3. The third kappa shape index (κ3) is 4.08. The summed E-state index contributed by atoms with van der Waals surface area (Å²) in [6.45, 7) is 0. The molecule has 0 heterocycles. The summed E-state index contributed by atoms with van der Waals surface area (Å²) in [6.07, 6.45) is 0.632. The van der Waals surface area contributed by atoms with Crippen molar-refractivity contribution in [3.63, 3.8) is 0 Å². The fourth-order valence-corrected chi connectivity index (χ4v) is 3.71. The molecular formula is C18H15F3O5S. The lowest BCUT2D eigenvalue weighted by molar-refractivity contribution is -0.137. The van der Waals surface area contributed by atoms with E-state index in [-0.39, 0.29) is 12.3 Å². The Morgan fingerprint density at radius 3 is 2.48 bits per heavy atom. The summed E-state index contributed by atoms with van der Waals surface area (Å²) in [7, 11) is -5.75. The first-order valence-corrected chi connectivity index (χ1v) is 9.40. The lowest BCUT2D eigenvalue weighted by Crippen LogP contribution is -2.28. The molecular weight excluding hydrogens is 385 g/mol. The van der Waals surface area contributed by atoms with Gasteiger partial charge in [-0.25, -0.2) is 0 Å². The minimum absolute atomic E-state index is 0.0862. The highest BCUT2D eigenvalue weighted by Crippen LogP contribution is 2.36. The van der Waals surface area contributed by atoms with E-state index in [0.29, 0.717) is 18.4 Å². The van der Waals surface area contributed by atoms with Gasteiger partial charge in [0, 0.05) is 0 Å². The normalized spacial score (nSPS) is 16.8. The van der Waals surface area contributed by atoms with Gasteiger partial charge >= 0.3 is 21.6 Å². The molecule has 0 fully saturated rings. The summed E-state index contributed by atoms with van der Waals surface area (Å²) in [4.78, 5) is 11.2. The van der Waals surface area contributed by atoms with Gasteiger partial charge in [-0.05, 0) is 53.1 Å². The third-order valence-corrected chi connectivity index (χ3v) is 5.41. The van der Waals surface area contributed by atoms with Gasteiger partial charge in [0.15, 0.2) is 0 Å². The van der Waals surface area contributed by atoms with Crippen molar-refractivity contribution < 1.29 is 35.7 Å². The van der Waals surface area contributed by atoms with Gasteiger partial charge in [-0.3, -0.25) is 4.79 Å². The molecule has 0 aliphatic heterocycles. The summed E-state index contributed by atoms with van der Waals surface area (Å²) >= 11 is 0. The highest BCUT2D eigenvalue weighted by atomic mass is 32.2. The summed E-state index contributed by atoms with van der Waals surface area (Å²) in [5, 5.41) is 9.19. The fraction of sp³-hybridized carbons (Fsp3) is 0.278. The first kappa shape index (κ1) is 19.2. The number of benzene rings is 2. The van der Waals surface area contributed by atoms with E-state index in [0.717, 1.165) is 22.8 Å². The van der Waals surface area contributed by atoms with Gasteiger partial charge in [-0.2, -0.15) is 21.6 Å². The Labute approximate surface area is 153 Å². The van der Waals surface area contributed by atoms with Crippen LogP contribution >= 0.6 is 0 Å². The molecule has 0 aromatic heterocycles. The number of fused-ring (bicyclic) bond motifs is 2. The second-order valence-electron chi connectivity index (χ2n) is 6.29. The average molecular weight is 400 g/mol. The molecule has 2 aromatic rings. The van der Waals surface area contributed by atoms with Gasteiger partial charge in [-0.1, -0.05) is 30.3 Å². The molecule has 27 heavy (non-hydrogen) atoms. The number of halogens is 3. The highest BCUT2D eigenvalue weighted by Gasteiger charge is 2.48. The number of carboxylic acids is 1. The molecule has 3 rings (SSSR count). The van der Waals surface area contributed by atoms with Gasteiger partial charge in [0.25, 0.3) is 0 Å². The molecule has 0 bridgehead atoms. The van der Waals surface area contributed by atoms with E-state index in [1.54, 1.807) is 12.1 Å². The van der Waals surface area contributed by atoms with Crippen LogP contribution in [-0.2, 0) is 27.8 Å². The predicted octanol–water partition coefficient (Wildman–Crippen LogP) is 3.62. The predicted molar refractivity (Wildman–Crippen MR) is 90.0 cm³/mol. The topological polar surface area (TPSA) is 80.7 Å². The van der Waals surface area contributed by atoms with Crippen LogP contribution in [0.4, 0.5) is 13.2 Å². The largest absolute Gasteiger partial charge is 0.534 e. The second kappa shape index (κ2) is 6.88. The lowest BCUT2D eigenvalue weighted by atomic mass is 9.89. The number of hydrogen-bond acceptors (Lipinski definition) is 4. The van der Waals surface area contributed by atoms with Gasteiger partial charge in [-0.15, -0.1) is 0 Å². The Bertz CT molecular complexity index is 983. The summed E-state index contributed by atoms with van der Waals surface area (Å²) in [6, 6.07) is 11.1. The Morgan fingerprint density at radius 1 is 1.11 bits per heavy atom. The lowest BCUT2D eigenvalue weighted by Gasteiger charge is -2.16. The van der Waals surface area contributed by atoms with Gasteiger partial charge < -0.3 is 9.29 Å². The second-order valence-corrected chi connectivity index (χ2v) is 7.83. The van der Waals surface area contributed by atoms with Crippen LogP contribution in [0, 0.1) is 0 Å². The number of rotatable bonds is 4. The highest BCUT2D eigenvalue weighted by molar-refractivity contribution is 7.88. The van der Waals surface area contributed by atoms with Crippen LogP contribution in [0.25, 0.3) is 0 Å². The van der Waals surface area contributed by atoms with Crippen LogP contribution < -0.4 is 4.18 Å². The Kier molecular flexibility index (Phi) is 4.90. The summed E-state index contributed by atoms with van der Waals surface area (Å²) < 4.78 is 64.2. The molecule has 1 atom stereocenters. The van der Waals surface area contributed by atoms with Crippen LogP contribution in [0.1, 0.15) is 34.6 Å². The molecule has 1 N–H and O–H groups in total. The molecule has 5 nitrogen and oxygen atoms in total. The van der Waals surface area contributed by atoms with Crippen molar-refractivity contribution in [3.05, 3.63) is 64.7 Å². The van der Waals surface area contributed by atoms with Gasteiger partial charge in [0.2, 0.25) is 0 Å². The maximum absolute atomic E-state index is 12.5. The van der Waals surface area contributed by atoms with Crippen molar-refractivity contribution in [3.8, 4) is 5.75 Å². The maximum atomic E-state index is 12.5. The monoisotopic (exact) mass is 400 g/mol. The first-order chi connectivity index (χ1) is 12.6. The zero-order valence-corrected chi connectivity index (χ0v) is 14.7. The molecule has 1 unspecified atom stereocenters. The van der Waals surface area contributed by atoms with Crippen molar-refractivity contribution >= 4 is 16.1 Å². The first-order valence-electron chi connectivity index (χ1n) is 7.99. The van der Waals surface area contributed by atoms with Crippen LogP contribution in [0.5, 0.6) is 5.75 Å². The SMILES string of the molecule is O=C(O)CC1Cc2ccc(OS(=O)(=O)C(F)(F)F)cc2Cc2ccccc21. The van der Waals surface area contributed by atoms with E-state index in [9.17, 15) is 31.5 Å². The number of hydrogen-bond donors (Lipinski definition) is 1. The zero-order valence-electron chi connectivity index (χ0n) is 13.9. The number of carbonyl (C=O) groups is 1. The van der Waals surface area contributed by atoms with Crippen LogP contribution in [0.3, 0.4) is 0 Å². The Morgan fingerprint density at radius 2 is 1.81 bits per heavy atom. The van der Waals surface area contributed by atoms with E-state index in [4.69, 9.17) is 0 Å². The van der Waals surface area contributed by atoms with Crippen LogP contribution in [0.15, 0.2) is 42.5 Å². The quantitative estimate of drug-likeness (QED) is 0.626. The third-order valence-electron chi connectivity index (χ3n) is 4.43. The number of carboxylic acid groups (broad SMARTS) is 1. The summed E-state index contributed by atoms with van der Waals surface area (Å²) in [5.41, 5.74) is -2.46. The minimum atomic E-state index is -5.75. The van der Waals surface area contributed by atoms with Gasteiger partial charge in [0.05, 0.1) is 6.42 Å². The van der Waals surface area contributed by atoms with Crippen molar-refractivity contribution in [2.24, 2.45) is 0 Å². The molecule has 1 aliphatic rings. The fourth-order valence-electron chi connectivity index (χ4n) is 3.26.